The van der Waals surface area contributed by atoms with Gasteiger partial charge in [0.1, 0.15) is 11.5 Å². The quantitative estimate of drug-likeness (QED) is 0.695. The molecule has 3 aromatic rings. The van der Waals surface area contributed by atoms with Crippen LogP contribution in [0.3, 0.4) is 0 Å². The Morgan fingerprint density at radius 1 is 1.15 bits per heavy atom. The number of carbonyl (C=O) groups excluding carboxylic acids is 1. The molecule has 26 heavy (non-hydrogen) atoms. The van der Waals surface area contributed by atoms with E-state index >= 15 is 0 Å². The molecule has 1 heterocycles. The van der Waals surface area contributed by atoms with Crippen LogP contribution in [-0.2, 0) is 6.54 Å². The number of carbonyl (C=O) groups is 1. The Balaban J connectivity index is 1.57. The van der Waals surface area contributed by atoms with E-state index in [-0.39, 0.29) is 17.8 Å². The monoisotopic (exact) mass is 349 g/mol. The van der Waals surface area contributed by atoms with Gasteiger partial charge in [-0.25, -0.2) is 9.07 Å². The fraction of sp³-hybridized carbons (Fsp3) is 0.238. The highest BCUT2D eigenvalue weighted by Gasteiger charge is 2.34. The fourth-order valence-corrected chi connectivity index (χ4v) is 3.00. The smallest absolute Gasteiger partial charge is 0.274 e. The second-order valence-electron chi connectivity index (χ2n) is 6.75. The molecule has 1 aromatic heterocycles. The zero-order valence-electron chi connectivity index (χ0n) is 14.6. The van der Waals surface area contributed by atoms with Gasteiger partial charge in [-0.05, 0) is 43.5 Å². The zero-order chi connectivity index (χ0) is 18.1. The Morgan fingerprint density at radius 3 is 2.58 bits per heavy atom. The number of hydrogen-bond acceptors (Lipinski definition) is 2. The van der Waals surface area contributed by atoms with Gasteiger partial charge in [0.25, 0.3) is 5.91 Å². The van der Waals surface area contributed by atoms with Crippen molar-refractivity contribution >= 4 is 5.91 Å². The minimum absolute atomic E-state index is 0.108. The zero-order valence-corrected chi connectivity index (χ0v) is 14.6. The van der Waals surface area contributed by atoms with Crippen molar-refractivity contribution in [2.24, 2.45) is 0 Å². The predicted molar refractivity (Wildman–Crippen MR) is 97.6 cm³/mol. The highest BCUT2D eigenvalue weighted by molar-refractivity contribution is 5.92. The van der Waals surface area contributed by atoms with Crippen LogP contribution in [-0.4, -0.2) is 26.6 Å². The number of halogens is 1. The van der Waals surface area contributed by atoms with Gasteiger partial charge in [0.05, 0.1) is 0 Å². The molecule has 0 atom stereocenters. The standard InChI is InChI=1S/C21H20FN3O/c1-15-6-8-16(9-7-15)14-24(17-10-11-17)21(26)19-12-13-25(23-19)20-5-3-2-4-18(20)22/h2-9,12-13,17H,10-11,14H2,1H3. The third kappa shape index (κ3) is 3.38. The number of aryl methyl sites for hydroxylation is 1. The largest absolute Gasteiger partial charge is 0.330 e. The molecular formula is C21H20FN3O. The second-order valence-corrected chi connectivity index (χ2v) is 6.75. The van der Waals surface area contributed by atoms with E-state index in [9.17, 15) is 9.18 Å². The van der Waals surface area contributed by atoms with Gasteiger partial charge in [-0.3, -0.25) is 4.79 Å². The van der Waals surface area contributed by atoms with E-state index in [0.29, 0.717) is 17.9 Å². The van der Waals surface area contributed by atoms with Crippen molar-refractivity contribution < 1.29 is 9.18 Å². The van der Waals surface area contributed by atoms with Gasteiger partial charge in [0.2, 0.25) is 0 Å². The van der Waals surface area contributed by atoms with Crippen molar-refractivity contribution in [3.63, 3.8) is 0 Å². The summed E-state index contributed by atoms with van der Waals surface area (Å²) in [6.07, 6.45) is 3.67. The van der Waals surface area contributed by atoms with E-state index in [2.05, 4.69) is 29.4 Å². The topological polar surface area (TPSA) is 38.1 Å². The molecule has 0 aliphatic heterocycles. The van der Waals surface area contributed by atoms with Crippen LogP contribution < -0.4 is 0 Å². The van der Waals surface area contributed by atoms with E-state index in [0.717, 1.165) is 18.4 Å². The fourth-order valence-electron chi connectivity index (χ4n) is 3.00. The molecular weight excluding hydrogens is 329 g/mol. The Labute approximate surface area is 151 Å². The van der Waals surface area contributed by atoms with Crippen LogP contribution in [0.25, 0.3) is 5.69 Å². The molecule has 2 aromatic carbocycles. The average Bonchev–Trinajstić information content (AvgIpc) is 3.37. The molecule has 0 spiro atoms. The first-order chi connectivity index (χ1) is 12.6. The summed E-state index contributed by atoms with van der Waals surface area (Å²) in [5, 5.41) is 4.31. The second kappa shape index (κ2) is 6.75. The van der Waals surface area contributed by atoms with Crippen molar-refractivity contribution in [3.8, 4) is 5.69 Å². The van der Waals surface area contributed by atoms with Crippen molar-refractivity contribution in [2.45, 2.75) is 32.4 Å². The minimum atomic E-state index is -0.367. The molecule has 4 nitrogen and oxygen atoms in total. The summed E-state index contributed by atoms with van der Waals surface area (Å²) in [4.78, 5) is 14.9. The van der Waals surface area contributed by atoms with Crippen molar-refractivity contribution in [1.29, 1.82) is 0 Å². The Kier molecular flexibility index (Phi) is 4.29. The van der Waals surface area contributed by atoms with Gasteiger partial charge in [0, 0.05) is 18.8 Å². The Morgan fingerprint density at radius 2 is 1.88 bits per heavy atom. The Bertz CT molecular complexity index is 928. The summed E-state index contributed by atoms with van der Waals surface area (Å²) in [6.45, 7) is 2.61. The molecule has 0 unspecified atom stereocenters. The number of aromatic nitrogens is 2. The van der Waals surface area contributed by atoms with Gasteiger partial charge >= 0.3 is 0 Å². The summed E-state index contributed by atoms with van der Waals surface area (Å²) in [7, 11) is 0. The van der Waals surface area contributed by atoms with Gasteiger partial charge in [-0.15, -0.1) is 0 Å². The predicted octanol–water partition coefficient (Wildman–Crippen LogP) is 4.12. The van der Waals surface area contributed by atoms with E-state index in [4.69, 9.17) is 0 Å². The molecule has 0 saturated heterocycles. The first-order valence-electron chi connectivity index (χ1n) is 8.79. The molecule has 1 fully saturated rings. The number of nitrogens with zero attached hydrogens (tertiary/aromatic N) is 3. The third-order valence-electron chi connectivity index (χ3n) is 4.63. The van der Waals surface area contributed by atoms with Crippen molar-refractivity contribution in [1.82, 2.24) is 14.7 Å². The molecule has 0 N–H and O–H groups in total. The van der Waals surface area contributed by atoms with E-state index < -0.39 is 0 Å². The van der Waals surface area contributed by atoms with Gasteiger partial charge in [-0.1, -0.05) is 42.0 Å². The molecule has 0 bridgehead atoms. The normalized spacial score (nSPS) is 13.6. The van der Waals surface area contributed by atoms with E-state index in [1.54, 1.807) is 30.5 Å². The molecule has 1 amide bonds. The maximum atomic E-state index is 13.9. The average molecular weight is 349 g/mol. The molecule has 1 aliphatic carbocycles. The van der Waals surface area contributed by atoms with Crippen LogP contribution in [0.4, 0.5) is 4.39 Å². The van der Waals surface area contributed by atoms with Crippen LogP contribution in [0.1, 0.15) is 34.5 Å². The van der Waals surface area contributed by atoms with Crippen LogP contribution in [0.5, 0.6) is 0 Å². The van der Waals surface area contributed by atoms with Crippen LogP contribution >= 0.6 is 0 Å². The Hall–Kier alpha value is -2.95. The number of hydrogen-bond donors (Lipinski definition) is 0. The van der Waals surface area contributed by atoms with E-state index in [1.807, 2.05) is 11.8 Å². The van der Waals surface area contributed by atoms with Gasteiger partial charge in [-0.2, -0.15) is 5.10 Å². The summed E-state index contributed by atoms with van der Waals surface area (Å²) in [5.41, 5.74) is 2.97. The van der Waals surface area contributed by atoms with Crippen LogP contribution in [0.2, 0.25) is 0 Å². The van der Waals surface area contributed by atoms with Gasteiger partial charge < -0.3 is 4.90 Å². The summed E-state index contributed by atoms with van der Waals surface area (Å²) in [5.74, 6) is -0.475. The third-order valence-corrected chi connectivity index (χ3v) is 4.63. The maximum absolute atomic E-state index is 13.9. The lowest BCUT2D eigenvalue weighted by atomic mass is 10.1. The number of rotatable bonds is 5. The first-order valence-corrected chi connectivity index (χ1v) is 8.79. The van der Waals surface area contributed by atoms with Crippen molar-refractivity contribution in [3.05, 3.63) is 83.4 Å². The van der Waals surface area contributed by atoms with Crippen LogP contribution in [0, 0.1) is 12.7 Å². The lowest BCUT2D eigenvalue weighted by Crippen LogP contribution is -2.33. The van der Waals surface area contributed by atoms with Gasteiger partial charge in [0.15, 0.2) is 5.69 Å². The highest BCUT2D eigenvalue weighted by Crippen LogP contribution is 2.29. The highest BCUT2D eigenvalue weighted by atomic mass is 19.1. The summed E-state index contributed by atoms with van der Waals surface area (Å²) >= 11 is 0. The number of para-hydroxylation sites is 1. The number of benzene rings is 2. The molecule has 4 rings (SSSR count). The first kappa shape index (κ1) is 16.5. The summed E-state index contributed by atoms with van der Waals surface area (Å²) < 4.78 is 15.4. The number of amides is 1. The van der Waals surface area contributed by atoms with E-state index in [1.165, 1.54) is 16.3 Å². The molecule has 0 radical (unpaired) electrons. The lowest BCUT2D eigenvalue weighted by molar-refractivity contribution is 0.0723. The lowest BCUT2D eigenvalue weighted by Gasteiger charge is -2.21. The minimum Gasteiger partial charge on any atom is -0.330 e. The van der Waals surface area contributed by atoms with Crippen molar-refractivity contribution in [2.75, 3.05) is 0 Å². The molecule has 132 valence electrons. The molecule has 5 heteroatoms. The molecule has 1 saturated carbocycles. The SMILES string of the molecule is Cc1ccc(CN(C(=O)c2ccn(-c3ccccc3F)n2)C2CC2)cc1. The van der Waals surface area contributed by atoms with Crippen LogP contribution in [0.15, 0.2) is 60.8 Å². The maximum Gasteiger partial charge on any atom is 0.274 e. The molecule has 1 aliphatic rings. The summed E-state index contributed by atoms with van der Waals surface area (Å²) in [6, 6.07) is 16.5.